The summed E-state index contributed by atoms with van der Waals surface area (Å²) in [6.07, 6.45) is 9.43. The highest BCUT2D eigenvalue weighted by atomic mass is 79.9. The number of unbranched alkanes of at least 4 members (excludes halogenated alkanes) is 2. The fraction of sp³-hybridized carbons (Fsp3) is 0.625. The van der Waals surface area contributed by atoms with Crippen LogP contribution in [0.4, 0.5) is 0 Å². The van der Waals surface area contributed by atoms with Gasteiger partial charge in [0, 0.05) is 23.4 Å². The predicted octanol–water partition coefficient (Wildman–Crippen LogP) is 3.48. The van der Waals surface area contributed by atoms with Crippen LogP contribution in [-0.2, 0) is 0 Å². The molecule has 1 N–H and O–H groups in total. The van der Waals surface area contributed by atoms with Crippen molar-refractivity contribution in [2.75, 3.05) is 26.2 Å². The number of nitrogens with one attached hydrogen (secondary N) is 1. The van der Waals surface area contributed by atoms with Gasteiger partial charge in [0.25, 0.3) is 5.91 Å². The molecular formula is C16H26BrN3O. The summed E-state index contributed by atoms with van der Waals surface area (Å²) in [4.78, 5) is 18.4. The van der Waals surface area contributed by atoms with Crippen LogP contribution in [0.2, 0.25) is 0 Å². The van der Waals surface area contributed by atoms with E-state index in [9.17, 15) is 4.79 Å². The Hall–Kier alpha value is -0.940. The first kappa shape index (κ1) is 18.1. The molecule has 0 aliphatic carbocycles. The summed E-state index contributed by atoms with van der Waals surface area (Å²) in [6.45, 7) is 4.49. The average molecular weight is 356 g/mol. The van der Waals surface area contributed by atoms with E-state index in [0.717, 1.165) is 17.4 Å². The molecule has 2 rings (SSSR count). The van der Waals surface area contributed by atoms with Gasteiger partial charge in [-0.1, -0.05) is 13.8 Å². The van der Waals surface area contributed by atoms with Gasteiger partial charge >= 0.3 is 0 Å². The van der Waals surface area contributed by atoms with E-state index >= 15 is 0 Å². The molecule has 0 bridgehead atoms. The van der Waals surface area contributed by atoms with Gasteiger partial charge in [0.1, 0.15) is 0 Å². The molecule has 0 aromatic carbocycles. The van der Waals surface area contributed by atoms with Gasteiger partial charge in [0.05, 0.1) is 5.56 Å². The van der Waals surface area contributed by atoms with Crippen molar-refractivity contribution < 1.29 is 4.79 Å². The third kappa shape index (κ3) is 6.57. The van der Waals surface area contributed by atoms with Crippen LogP contribution in [0.25, 0.3) is 0 Å². The Morgan fingerprint density at radius 3 is 2.71 bits per heavy atom. The second-order valence-corrected chi connectivity index (χ2v) is 6.17. The molecule has 0 atom stereocenters. The topological polar surface area (TPSA) is 45.2 Å². The number of halogens is 1. The lowest BCUT2D eigenvalue weighted by atomic mass is 10.2. The van der Waals surface area contributed by atoms with Crippen LogP contribution in [0.15, 0.2) is 22.9 Å². The molecular weight excluding hydrogens is 330 g/mol. The van der Waals surface area contributed by atoms with Crippen LogP contribution < -0.4 is 5.32 Å². The second-order valence-electron chi connectivity index (χ2n) is 5.26. The number of aromatic nitrogens is 1. The molecule has 1 amide bonds. The average Bonchev–Trinajstić information content (AvgIpc) is 2.95. The molecule has 0 radical (unpaired) electrons. The number of hydrogen-bond acceptors (Lipinski definition) is 3. The van der Waals surface area contributed by atoms with Crippen molar-refractivity contribution >= 4 is 21.8 Å². The molecule has 1 aliphatic rings. The molecule has 0 unspecified atom stereocenters. The highest BCUT2D eigenvalue weighted by molar-refractivity contribution is 9.10. The normalized spacial score (nSPS) is 14.7. The van der Waals surface area contributed by atoms with Crippen LogP contribution in [0.1, 0.15) is 49.9 Å². The van der Waals surface area contributed by atoms with Crippen molar-refractivity contribution in [3.63, 3.8) is 0 Å². The van der Waals surface area contributed by atoms with Crippen molar-refractivity contribution in [3.05, 3.63) is 28.5 Å². The Balaban J connectivity index is 0.00000220. The van der Waals surface area contributed by atoms with Crippen LogP contribution in [0.5, 0.6) is 0 Å². The van der Waals surface area contributed by atoms with Gasteiger partial charge in [0.2, 0.25) is 0 Å². The summed E-state index contributed by atoms with van der Waals surface area (Å²) < 4.78 is 0.829. The van der Waals surface area contributed by atoms with E-state index in [-0.39, 0.29) is 13.3 Å². The molecule has 1 aromatic rings. The van der Waals surface area contributed by atoms with Crippen LogP contribution in [0, 0.1) is 0 Å². The molecule has 5 heteroatoms. The predicted molar refractivity (Wildman–Crippen MR) is 90.5 cm³/mol. The number of hydrogen-bond donors (Lipinski definition) is 1. The highest BCUT2D eigenvalue weighted by Gasteiger charge is 2.10. The molecule has 0 saturated carbocycles. The Kier molecular flexibility index (Phi) is 8.54. The number of nitrogens with zero attached hydrogens (tertiary/aromatic N) is 2. The molecule has 21 heavy (non-hydrogen) atoms. The van der Waals surface area contributed by atoms with Crippen LogP contribution in [0.3, 0.4) is 0 Å². The van der Waals surface area contributed by atoms with E-state index < -0.39 is 0 Å². The number of rotatable bonds is 7. The largest absolute Gasteiger partial charge is 0.352 e. The minimum Gasteiger partial charge on any atom is -0.352 e. The summed E-state index contributed by atoms with van der Waals surface area (Å²) in [7, 11) is 0. The molecule has 0 spiro atoms. The zero-order valence-electron chi connectivity index (χ0n) is 11.8. The minimum atomic E-state index is -0.0432. The van der Waals surface area contributed by atoms with E-state index in [4.69, 9.17) is 0 Å². The van der Waals surface area contributed by atoms with Crippen molar-refractivity contribution in [3.8, 4) is 0 Å². The molecule has 2 heterocycles. The Morgan fingerprint density at radius 2 is 2.00 bits per heavy atom. The number of likely N-dealkylation sites (tertiary alicyclic amines) is 1. The minimum absolute atomic E-state index is 0. The zero-order valence-corrected chi connectivity index (χ0v) is 13.4. The standard InChI is InChI=1S/C15H22BrN3O.CH4/c16-14-10-13(11-17-12-14)15(20)18-6-2-1-3-7-19-8-4-5-9-19;/h10-12H,1-9H2,(H,18,20);1H4. The number of carbonyl (C=O) groups excluding carboxylic acids is 1. The Bertz CT molecular complexity index is 433. The van der Waals surface area contributed by atoms with Crippen molar-refractivity contribution in [1.29, 1.82) is 0 Å². The van der Waals surface area contributed by atoms with Gasteiger partial charge in [-0.15, -0.1) is 0 Å². The third-order valence-electron chi connectivity index (χ3n) is 3.60. The second kappa shape index (κ2) is 9.90. The monoisotopic (exact) mass is 355 g/mol. The molecule has 1 aliphatic heterocycles. The smallest absolute Gasteiger partial charge is 0.252 e. The Labute approximate surface area is 136 Å². The van der Waals surface area contributed by atoms with Crippen molar-refractivity contribution in [1.82, 2.24) is 15.2 Å². The maximum atomic E-state index is 11.9. The number of amides is 1. The van der Waals surface area contributed by atoms with Gasteiger partial charge in [-0.05, 0) is 67.3 Å². The maximum Gasteiger partial charge on any atom is 0.252 e. The van der Waals surface area contributed by atoms with E-state index in [1.54, 1.807) is 18.5 Å². The summed E-state index contributed by atoms with van der Waals surface area (Å²) in [6, 6.07) is 1.79. The molecule has 4 nitrogen and oxygen atoms in total. The zero-order chi connectivity index (χ0) is 14.2. The first-order valence-corrected chi connectivity index (χ1v) is 8.16. The van der Waals surface area contributed by atoms with E-state index in [1.807, 2.05) is 0 Å². The maximum absolute atomic E-state index is 11.9. The summed E-state index contributed by atoms with van der Waals surface area (Å²) in [5, 5.41) is 2.94. The van der Waals surface area contributed by atoms with E-state index in [0.29, 0.717) is 5.56 Å². The van der Waals surface area contributed by atoms with E-state index in [2.05, 4.69) is 31.1 Å². The quantitative estimate of drug-likeness (QED) is 0.761. The summed E-state index contributed by atoms with van der Waals surface area (Å²) >= 11 is 3.32. The van der Waals surface area contributed by atoms with Gasteiger partial charge in [0.15, 0.2) is 0 Å². The number of carbonyl (C=O) groups is 1. The fourth-order valence-corrected chi connectivity index (χ4v) is 2.85. The highest BCUT2D eigenvalue weighted by Crippen LogP contribution is 2.10. The number of pyridine rings is 1. The van der Waals surface area contributed by atoms with Gasteiger partial charge in [-0.25, -0.2) is 0 Å². The summed E-state index contributed by atoms with van der Waals surface area (Å²) in [5.74, 6) is -0.0432. The van der Waals surface area contributed by atoms with E-state index in [1.165, 1.54) is 45.3 Å². The molecule has 118 valence electrons. The lowest BCUT2D eigenvalue weighted by molar-refractivity contribution is 0.0952. The molecule has 1 aromatic heterocycles. The SMILES string of the molecule is C.O=C(NCCCCCN1CCCC1)c1cncc(Br)c1. The van der Waals surface area contributed by atoms with Crippen LogP contribution >= 0.6 is 15.9 Å². The van der Waals surface area contributed by atoms with Gasteiger partial charge in [-0.3, -0.25) is 9.78 Å². The molecule has 1 saturated heterocycles. The third-order valence-corrected chi connectivity index (χ3v) is 4.04. The summed E-state index contributed by atoms with van der Waals surface area (Å²) in [5.41, 5.74) is 0.608. The van der Waals surface area contributed by atoms with Crippen LogP contribution in [-0.4, -0.2) is 42.0 Å². The molecule has 1 fully saturated rings. The van der Waals surface area contributed by atoms with Gasteiger partial charge < -0.3 is 10.2 Å². The first-order chi connectivity index (χ1) is 9.75. The lowest BCUT2D eigenvalue weighted by Crippen LogP contribution is -2.25. The van der Waals surface area contributed by atoms with Gasteiger partial charge in [-0.2, -0.15) is 0 Å². The lowest BCUT2D eigenvalue weighted by Gasteiger charge is -2.13. The van der Waals surface area contributed by atoms with Crippen molar-refractivity contribution in [2.24, 2.45) is 0 Å². The Morgan fingerprint density at radius 1 is 1.24 bits per heavy atom. The van der Waals surface area contributed by atoms with Crippen molar-refractivity contribution in [2.45, 2.75) is 39.5 Å². The fourth-order valence-electron chi connectivity index (χ4n) is 2.48. The first-order valence-electron chi connectivity index (χ1n) is 7.37.